The third kappa shape index (κ3) is 4.30. The molecule has 0 unspecified atom stereocenters. The van der Waals surface area contributed by atoms with E-state index in [1.807, 2.05) is 30.3 Å². The van der Waals surface area contributed by atoms with Gasteiger partial charge in [0.15, 0.2) is 0 Å². The smallest absolute Gasteiger partial charge is 0.321 e. The van der Waals surface area contributed by atoms with Gasteiger partial charge in [0.25, 0.3) is 0 Å². The second-order valence-corrected chi connectivity index (χ2v) is 6.27. The van der Waals surface area contributed by atoms with Crippen molar-refractivity contribution < 1.29 is 13.7 Å². The number of aromatic nitrogens is 2. The van der Waals surface area contributed by atoms with E-state index in [2.05, 4.69) is 20.8 Å². The molecule has 29 heavy (non-hydrogen) atoms. The molecule has 0 bridgehead atoms. The van der Waals surface area contributed by atoms with E-state index in [1.165, 1.54) is 12.1 Å². The molecule has 0 saturated heterocycles. The van der Waals surface area contributed by atoms with Gasteiger partial charge in [0.05, 0.1) is 5.56 Å². The number of rotatable bonds is 5. The molecule has 2 heterocycles. The lowest BCUT2D eigenvalue weighted by atomic mass is 10.0. The molecule has 0 saturated carbocycles. The lowest BCUT2D eigenvalue weighted by molar-refractivity contribution is 0.251. The maximum Gasteiger partial charge on any atom is 0.321 e. The van der Waals surface area contributed by atoms with Gasteiger partial charge < -0.3 is 9.84 Å². The summed E-state index contributed by atoms with van der Waals surface area (Å²) in [4.78, 5) is 16.4. The van der Waals surface area contributed by atoms with Gasteiger partial charge in [0.1, 0.15) is 11.5 Å². The molecule has 0 spiro atoms. The van der Waals surface area contributed by atoms with Crippen molar-refractivity contribution >= 4 is 11.9 Å². The molecule has 0 aliphatic heterocycles. The molecular formula is C22H17FN4O2. The number of nitrogens with zero attached hydrogens (tertiary/aromatic N) is 2. The van der Waals surface area contributed by atoms with E-state index in [4.69, 9.17) is 4.52 Å². The predicted molar refractivity (Wildman–Crippen MR) is 107 cm³/mol. The Kier molecular flexibility index (Phi) is 5.29. The Balaban J connectivity index is 1.61. The number of hydrogen-bond acceptors (Lipinski definition) is 4. The van der Waals surface area contributed by atoms with Gasteiger partial charge in [-0.15, -0.1) is 0 Å². The van der Waals surface area contributed by atoms with Crippen LogP contribution in [-0.4, -0.2) is 16.2 Å². The summed E-state index contributed by atoms with van der Waals surface area (Å²) in [5.74, 6) is -0.151. The first kappa shape index (κ1) is 18.4. The monoisotopic (exact) mass is 388 g/mol. The molecule has 0 radical (unpaired) electrons. The number of carbonyl (C=O) groups is 1. The Morgan fingerprint density at radius 1 is 0.931 bits per heavy atom. The highest BCUT2D eigenvalue weighted by molar-refractivity contribution is 5.96. The second-order valence-electron chi connectivity index (χ2n) is 6.27. The van der Waals surface area contributed by atoms with Crippen molar-refractivity contribution in [3.8, 4) is 22.4 Å². The Labute approximate surface area is 166 Å². The molecule has 2 aromatic carbocycles. The SMILES string of the molecule is O=C(NCc1ccccc1)Nc1onc(-c2ccc(F)cc2)c1-c1ccncc1. The van der Waals surface area contributed by atoms with Crippen molar-refractivity contribution in [3.63, 3.8) is 0 Å². The van der Waals surface area contributed by atoms with E-state index in [1.54, 1.807) is 36.7 Å². The fraction of sp³-hybridized carbons (Fsp3) is 0.0455. The highest BCUT2D eigenvalue weighted by Gasteiger charge is 2.21. The zero-order chi connectivity index (χ0) is 20.1. The first-order chi connectivity index (χ1) is 14.2. The van der Waals surface area contributed by atoms with Gasteiger partial charge in [-0.1, -0.05) is 35.5 Å². The van der Waals surface area contributed by atoms with Crippen LogP contribution in [0.3, 0.4) is 0 Å². The molecule has 2 amide bonds. The zero-order valence-corrected chi connectivity index (χ0v) is 15.3. The van der Waals surface area contributed by atoms with Gasteiger partial charge in [-0.2, -0.15) is 0 Å². The predicted octanol–water partition coefficient (Wildman–Crippen LogP) is 4.86. The van der Waals surface area contributed by atoms with Crippen molar-refractivity contribution in [1.29, 1.82) is 0 Å². The third-order valence-electron chi connectivity index (χ3n) is 4.30. The summed E-state index contributed by atoms with van der Waals surface area (Å²) < 4.78 is 18.7. The van der Waals surface area contributed by atoms with Crippen LogP contribution in [0.4, 0.5) is 15.1 Å². The van der Waals surface area contributed by atoms with Crippen LogP contribution < -0.4 is 10.6 Å². The minimum Gasteiger partial charge on any atom is -0.337 e. The van der Waals surface area contributed by atoms with Crippen molar-refractivity contribution in [2.45, 2.75) is 6.54 Å². The summed E-state index contributed by atoms with van der Waals surface area (Å²) in [5.41, 5.74) is 3.49. The normalized spacial score (nSPS) is 10.5. The van der Waals surface area contributed by atoms with Gasteiger partial charge in [-0.05, 0) is 47.5 Å². The van der Waals surface area contributed by atoms with Crippen molar-refractivity contribution in [3.05, 3.63) is 90.5 Å². The van der Waals surface area contributed by atoms with E-state index in [9.17, 15) is 9.18 Å². The van der Waals surface area contributed by atoms with Gasteiger partial charge in [0, 0.05) is 24.5 Å². The number of nitrogens with one attached hydrogen (secondary N) is 2. The van der Waals surface area contributed by atoms with Crippen LogP contribution in [0.1, 0.15) is 5.56 Å². The Morgan fingerprint density at radius 3 is 2.38 bits per heavy atom. The minimum absolute atomic E-state index is 0.195. The van der Waals surface area contributed by atoms with Crippen LogP contribution in [0, 0.1) is 5.82 Å². The molecule has 0 aliphatic rings. The number of pyridine rings is 1. The standard InChI is InChI=1S/C22H17FN4O2/c23-18-8-6-17(7-9-18)20-19(16-10-12-24-13-11-16)21(29-27-20)26-22(28)25-14-15-4-2-1-3-5-15/h1-13H,14H2,(H2,25,26,28). The van der Waals surface area contributed by atoms with Crippen LogP contribution in [0.25, 0.3) is 22.4 Å². The van der Waals surface area contributed by atoms with Crippen LogP contribution in [0.2, 0.25) is 0 Å². The molecular weight excluding hydrogens is 371 g/mol. The van der Waals surface area contributed by atoms with E-state index in [0.29, 0.717) is 23.4 Å². The maximum atomic E-state index is 13.3. The summed E-state index contributed by atoms with van der Waals surface area (Å²) in [6.07, 6.45) is 3.27. The molecule has 0 aliphatic carbocycles. The van der Waals surface area contributed by atoms with Crippen LogP contribution >= 0.6 is 0 Å². The summed E-state index contributed by atoms with van der Waals surface area (Å²) in [5, 5.41) is 9.59. The molecule has 6 nitrogen and oxygen atoms in total. The van der Waals surface area contributed by atoms with Crippen LogP contribution in [0.5, 0.6) is 0 Å². The number of halogens is 1. The Hall–Kier alpha value is -4.00. The number of carbonyl (C=O) groups excluding carboxylic acids is 1. The molecule has 2 aromatic heterocycles. The number of urea groups is 1. The maximum absolute atomic E-state index is 13.3. The van der Waals surface area contributed by atoms with Crippen LogP contribution in [0.15, 0.2) is 83.6 Å². The summed E-state index contributed by atoms with van der Waals surface area (Å²) in [6.45, 7) is 0.371. The molecule has 7 heteroatoms. The summed E-state index contributed by atoms with van der Waals surface area (Å²) in [6, 6.07) is 18.6. The molecule has 2 N–H and O–H groups in total. The van der Waals surface area contributed by atoms with E-state index < -0.39 is 6.03 Å². The van der Waals surface area contributed by atoms with Crippen molar-refractivity contribution in [1.82, 2.24) is 15.5 Å². The average molecular weight is 388 g/mol. The van der Waals surface area contributed by atoms with Crippen molar-refractivity contribution in [2.75, 3.05) is 5.32 Å². The number of hydrogen-bond donors (Lipinski definition) is 2. The van der Waals surface area contributed by atoms with Gasteiger partial charge in [-0.3, -0.25) is 10.3 Å². The van der Waals surface area contributed by atoms with Crippen molar-refractivity contribution in [2.24, 2.45) is 0 Å². The zero-order valence-electron chi connectivity index (χ0n) is 15.3. The highest BCUT2D eigenvalue weighted by atomic mass is 19.1. The first-order valence-electron chi connectivity index (χ1n) is 8.95. The lowest BCUT2D eigenvalue weighted by Gasteiger charge is -2.08. The lowest BCUT2D eigenvalue weighted by Crippen LogP contribution is -2.28. The fourth-order valence-corrected chi connectivity index (χ4v) is 2.89. The topological polar surface area (TPSA) is 80.0 Å². The highest BCUT2D eigenvalue weighted by Crippen LogP contribution is 2.37. The Morgan fingerprint density at radius 2 is 1.66 bits per heavy atom. The quantitative estimate of drug-likeness (QED) is 0.511. The number of anilines is 1. The fourth-order valence-electron chi connectivity index (χ4n) is 2.89. The number of amides is 2. The second kappa shape index (κ2) is 8.35. The third-order valence-corrected chi connectivity index (χ3v) is 4.30. The molecule has 4 rings (SSSR count). The van der Waals surface area contributed by atoms with Gasteiger partial charge >= 0.3 is 6.03 Å². The van der Waals surface area contributed by atoms with E-state index in [-0.39, 0.29) is 11.7 Å². The Bertz CT molecular complexity index is 1100. The van der Waals surface area contributed by atoms with Gasteiger partial charge in [0.2, 0.25) is 5.88 Å². The molecule has 0 atom stereocenters. The first-order valence-corrected chi connectivity index (χ1v) is 8.95. The van der Waals surface area contributed by atoms with Crippen LogP contribution in [-0.2, 0) is 6.54 Å². The molecule has 0 fully saturated rings. The minimum atomic E-state index is -0.425. The molecule has 4 aromatic rings. The van der Waals surface area contributed by atoms with E-state index in [0.717, 1.165) is 11.1 Å². The largest absolute Gasteiger partial charge is 0.337 e. The van der Waals surface area contributed by atoms with E-state index >= 15 is 0 Å². The van der Waals surface area contributed by atoms with Gasteiger partial charge in [-0.25, -0.2) is 9.18 Å². The summed E-state index contributed by atoms with van der Waals surface area (Å²) >= 11 is 0. The summed E-state index contributed by atoms with van der Waals surface area (Å²) in [7, 11) is 0. The number of benzene rings is 2. The average Bonchev–Trinajstić information content (AvgIpc) is 3.17. The molecule has 144 valence electrons.